The summed E-state index contributed by atoms with van der Waals surface area (Å²) in [5.74, 6) is 1.25. The summed E-state index contributed by atoms with van der Waals surface area (Å²) in [6.45, 7) is 5.74. The number of ether oxygens (including phenoxy) is 2. The van der Waals surface area contributed by atoms with Crippen LogP contribution in [0.1, 0.15) is 41.4 Å². The van der Waals surface area contributed by atoms with Crippen molar-refractivity contribution in [3.8, 4) is 0 Å². The summed E-state index contributed by atoms with van der Waals surface area (Å²) >= 11 is 1.66. The SMILES string of the molecule is COC[C@@H]1[C@@H](NC(=O)c2csc(C(C)C)c2)[C@@H]2CCO[C@H]12. The Morgan fingerprint density at radius 2 is 2.38 bits per heavy atom. The molecular formula is C16H23NO3S. The average molecular weight is 309 g/mol. The molecule has 5 heteroatoms. The predicted molar refractivity (Wildman–Crippen MR) is 82.9 cm³/mol. The van der Waals surface area contributed by atoms with Crippen LogP contribution in [0.3, 0.4) is 0 Å². The fourth-order valence-electron chi connectivity index (χ4n) is 3.44. The van der Waals surface area contributed by atoms with Crippen molar-refractivity contribution in [1.82, 2.24) is 5.32 Å². The van der Waals surface area contributed by atoms with Gasteiger partial charge in [-0.25, -0.2) is 0 Å². The Labute approximate surface area is 129 Å². The van der Waals surface area contributed by atoms with Gasteiger partial charge in [-0.15, -0.1) is 11.3 Å². The Morgan fingerprint density at radius 1 is 1.57 bits per heavy atom. The molecule has 1 aliphatic heterocycles. The first-order chi connectivity index (χ1) is 10.1. The second-order valence-corrected chi connectivity index (χ2v) is 7.24. The predicted octanol–water partition coefficient (Wildman–Crippen LogP) is 2.65. The van der Waals surface area contributed by atoms with Crippen molar-refractivity contribution in [1.29, 1.82) is 0 Å². The Morgan fingerprint density at radius 3 is 3.05 bits per heavy atom. The molecule has 0 unspecified atom stereocenters. The highest BCUT2D eigenvalue weighted by Crippen LogP contribution is 2.43. The third-order valence-corrected chi connectivity index (χ3v) is 5.87. The van der Waals surface area contributed by atoms with Gasteiger partial charge < -0.3 is 14.8 Å². The second kappa shape index (κ2) is 6.07. The Bertz CT molecular complexity index is 513. The maximum absolute atomic E-state index is 12.4. The first kappa shape index (κ1) is 15.0. The molecule has 1 amide bonds. The minimum atomic E-state index is 0.0367. The number of hydrogen-bond donors (Lipinski definition) is 1. The molecule has 116 valence electrons. The Balaban J connectivity index is 1.65. The monoisotopic (exact) mass is 309 g/mol. The van der Waals surface area contributed by atoms with E-state index >= 15 is 0 Å². The number of amides is 1. The van der Waals surface area contributed by atoms with Crippen LogP contribution in [0.4, 0.5) is 0 Å². The number of nitrogens with one attached hydrogen (secondary N) is 1. The molecule has 1 saturated carbocycles. The standard InChI is InChI=1S/C16H23NO3S/c1-9(2)13-6-10(8-21-13)16(18)17-14-11-4-5-20-15(11)12(14)7-19-3/h6,8-9,11-12,14-15H,4-5,7H2,1-3H3,(H,17,18)/t11-,12+,14-,15-/m0/s1. The van der Waals surface area contributed by atoms with Gasteiger partial charge in [0.2, 0.25) is 0 Å². The first-order valence-corrected chi connectivity index (χ1v) is 8.49. The van der Waals surface area contributed by atoms with E-state index in [0.717, 1.165) is 18.6 Å². The molecule has 0 radical (unpaired) electrons. The molecule has 0 bridgehead atoms. The van der Waals surface area contributed by atoms with Crippen molar-refractivity contribution in [2.24, 2.45) is 11.8 Å². The molecule has 1 N–H and O–H groups in total. The Kier molecular flexibility index (Phi) is 4.33. The van der Waals surface area contributed by atoms with Crippen LogP contribution >= 0.6 is 11.3 Å². The molecule has 2 aliphatic rings. The van der Waals surface area contributed by atoms with Crippen molar-refractivity contribution < 1.29 is 14.3 Å². The number of carbonyl (C=O) groups is 1. The quantitative estimate of drug-likeness (QED) is 0.909. The van der Waals surface area contributed by atoms with E-state index < -0.39 is 0 Å². The summed E-state index contributed by atoms with van der Waals surface area (Å²) in [4.78, 5) is 13.7. The molecule has 1 saturated heterocycles. The van der Waals surface area contributed by atoms with Crippen LogP contribution in [0.2, 0.25) is 0 Å². The molecule has 21 heavy (non-hydrogen) atoms. The van der Waals surface area contributed by atoms with Crippen molar-refractivity contribution in [2.75, 3.05) is 20.3 Å². The van der Waals surface area contributed by atoms with Crippen LogP contribution in [0.15, 0.2) is 11.4 Å². The lowest BCUT2D eigenvalue weighted by molar-refractivity contribution is -0.0809. The topological polar surface area (TPSA) is 47.6 Å². The van der Waals surface area contributed by atoms with Gasteiger partial charge in [0, 0.05) is 41.9 Å². The van der Waals surface area contributed by atoms with Gasteiger partial charge in [-0.2, -0.15) is 0 Å². The molecule has 1 aliphatic carbocycles. The second-order valence-electron chi connectivity index (χ2n) is 6.30. The lowest BCUT2D eigenvalue weighted by atomic mass is 9.67. The number of rotatable bonds is 5. The molecule has 1 aromatic heterocycles. The molecule has 2 heterocycles. The van der Waals surface area contributed by atoms with Gasteiger partial charge in [0.05, 0.1) is 18.3 Å². The largest absolute Gasteiger partial charge is 0.384 e. The number of hydrogen-bond acceptors (Lipinski definition) is 4. The smallest absolute Gasteiger partial charge is 0.252 e. The van der Waals surface area contributed by atoms with E-state index in [4.69, 9.17) is 9.47 Å². The zero-order chi connectivity index (χ0) is 15.0. The summed E-state index contributed by atoms with van der Waals surface area (Å²) in [7, 11) is 1.70. The van der Waals surface area contributed by atoms with Gasteiger partial charge in [0.1, 0.15) is 0 Å². The molecular weight excluding hydrogens is 286 g/mol. The van der Waals surface area contributed by atoms with E-state index in [1.165, 1.54) is 4.88 Å². The number of carbonyl (C=O) groups excluding carboxylic acids is 1. The first-order valence-electron chi connectivity index (χ1n) is 7.61. The van der Waals surface area contributed by atoms with Crippen molar-refractivity contribution in [2.45, 2.75) is 38.3 Å². The third-order valence-electron chi connectivity index (χ3n) is 4.64. The minimum Gasteiger partial charge on any atom is -0.384 e. The fourth-order valence-corrected chi connectivity index (χ4v) is 4.35. The van der Waals surface area contributed by atoms with E-state index in [1.807, 2.05) is 11.4 Å². The lowest BCUT2D eigenvalue weighted by Crippen LogP contribution is -2.62. The normalized spacial score (nSPS) is 31.0. The van der Waals surface area contributed by atoms with E-state index in [-0.39, 0.29) is 24.0 Å². The summed E-state index contributed by atoms with van der Waals surface area (Å²) < 4.78 is 11.0. The summed E-state index contributed by atoms with van der Waals surface area (Å²) in [6, 6.07) is 2.20. The summed E-state index contributed by atoms with van der Waals surface area (Å²) in [6.07, 6.45) is 1.31. The molecule has 4 nitrogen and oxygen atoms in total. The lowest BCUT2D eigenvalue weighted by Gasteiger charge is -2.47. The molecule has 1 aromatic rings. The number of methoxy groups -OCH3 is 1. The zero-order valence-corrected chi connectivity index (χ0v) is 13.6. The van der Waals surface area contributed by atoms with Crippen LogP contribution in [-0.4, -0.2) is 38.4 Å². The van der Waals surface area contributed by atoms with E-state index in [2.05, 4.69) is 19.2 Å². The molecule has 0 aromatic carbocycles. The van der Waals surface area contributed by atoms with E-state index in [9.17, 15) is 4.79 Å². The van der Waals surface area contributed by atoms with Gasteiger partial charge >= 0.3 is 0 Å². The van der Waals surface area contributed by atoms with Gasteiger partial charge in [-0.3, -0.25) is 4.79 Å². The molecule has 3 rings (SSSR count). The minimum absolute atomic E-state index is 0.0367. The van der Waals surface area contributed by atoms with Gasteiger partial charge in [-0.1, -0.05) is 13.8 Å². The number of fused-ring (bicyclic) bond motifs is 1. The van der Waals surface area contributed by atoms with Crippen molar-refractivity contribution >= 4 is 17.2 Å². The van der Waals surface area contributed by atoms with Crippen LogP contribution in [0.5, 0.6) is 0 Å². The molecule has 4 atom stereocenters. The van der Waals surface area contributed by atoms with Crippen molar-refractivity contribution in [3.63, 3.8) is 0 Å². The van der Waals surface area contributed by atoms with E-state index in [1.54, 1.807) is 18.4 Å². The zero-order valence-electron chi connectivity index (χ0n) is 12.8. The van der Waals surface area contributed by atoms with E-state index in [0.29, 0.717) is 18.4 Å². The van der Waals surface area contributed by atoms with Gasteiger partial charge in [0.15, 0.2) is 0 Å². The highest BCUT2D eigenvalue weighted by molar-refractivity contribution is 7.10. The molecule has 2 fully saturated rings. The molecule has 0 spiro atoms. The van der Waals surface area contributed by atoms with Gasteiger partial charge in [0.25, 0.3) is 5.91 Å². The van der Waals surface area contributed by atoms with Crippen LogP contribution in [-0.2, 0) is 9.47 Å². The maximum Gasteiger partial charge on any atom is 0.252 e. The van der Waals surface area contributed by atoms with Gasteiger partial charge in [-0.05, 0) is 18.4 Å². The third kappa shape index (κ3) is 2.74. The Hall–Kier alpha value is -0.910. The summed E-state index contributed by atoms with van der Waals surface area (Å²) in [5, 5.41) is 5.15. The maximum atomic E-state index is 12.4. The average Bonchev–Trinajstić information content (AvgIpc) is 3.09. The number of thiophene rings is 1. The van der Waals surface area contributed by atoms with Crippen LogP contribution < -0.4 is 5.32 Å². The van der Waals surface area contributed by atoms with Crippen LogP contribution in [0, 0.1) is 11.8 Å². The fraction of sp³-hybridized carbons (Fsp3) is 0.688. The van der Waals surface area contributed by atoms with Crippen LogP contribution in [0.25, 0.3) is 0 Å². The summed E-state index contributed by atoms with van der Waals surface area (Å²) in [5.41, 5.74) is 0.780. The highest BCUT2D eigenvalue weighted by Gasteiger charge is 2.54. The highest BCUT2D eigenvalue weighted by atomic mass is 32.1. The van der Waals surface area contributed by atoms with Crippen molar-refractivity contribution in [3.05, 3.63) is 21.9 Å².